The third-order valence-electron chi connectivity index (χ3n) is 3.62. The topological polar surface area (TPSA) is 75.3 Å². The molecule has 0 radical (unpaired) electrons. The average molecular weight is 364 g/mol. The Hall–Kier alpha value is -2.41. The van der Waals surface area contributed by atoms with Crippen molar-refractivity contribution in [3.63, 3.8) is 0 Å². The molecule has 0 fully saturated rings. The fourth-order valence-electron chi connectivity index (χ4n) is 2.29. The molecule has 1 atom stereocenters. The van der Waals surface area contributed by atoms with Crippen molar-refractivity contribution in [3.8, 4) is 0 Å². The highest BCUT2D eigenvalue weighted by Crippen LogP contribution is 2.10. The van der Waals surface area contributed by atoms with E-state index in [0.717, 1.165) is 5.56 Å². The van der Waals surface area contributed by atoms with Gasteiger partial charge in [-0.15, -0.1) is 0 Å². The number of hydrogen-bond donors (Lipinski definition) is 2. The number of rotatable bonds is 8. The summed E-state index contributed by atoms with van der Waals surface area (Å²) in [5, 5.41) is 2.62. The highest BCUT2D eigenvalue weighted by Gasteiger charge is 2.15. The molecule has 2 aromatic rings. The van der Waals surface area contributed by atoms with Crippen LogP contribution in [-0.4, -0.2) is 26.6 Å². The monoisotopic (exact) mass is 364 g/mol. The van der Waals surface area contributed by atoms with Crippen molar-refractivity contribution in [2.24, 2.45) is 5.92 Å². The Labute approximate surface area is 147 Å². The van der Waals surface area contributed by atoms with Crippen LogP contribution in [-0.2, 0) is 21.2 Å². The van der Waals surface area contributed by atoms with Crippen molar-refractivity contribution < 1.29 is 17.6 Å². The van der Waals surface area contributed by atoms with Crippen LogP contribution in [0.3, 0.4) is 0 Å². The van der Waals surface area contributed by atoms with Gasteiger partial charge < -0.3 is 5.32 Å². The molecule has 1 amide bonds. The molecule has 0 aromatic heterocycles. The predicted molar refractivity (Wildman–Crippen MR) is 96.1 cm³/mol. The average Bonchev–Trinajstić information content (AvgIpc) is 2.57. The Bertz CT molecular complexity index is 793. The van der Waals surface area contributed by atoms with Crippen LogP contribution in [0.15, 0.2) is 54.6 Å². The third-order valence-corrected chi connectivity index (χ3v) is 4.91. The number of halogens is 1. The standard InChI is InChI=1S/C18H21FN2O3S/c1-14(13-15-7-9-16(19)10-8-15)18(22)20-11-12-25(23,24)21-17-5-3-2-4-6-17/h2-10,14,21H,11-13H2,1H3,(H,20,22). The minimum Gasteiger partial charge on any atom is -0.355 e. The van der Waals surface area contributed by atoms with Gasteiger partial charge in [0.25, 0.3) is 0 Å². The minimum absolute atomic E-state index is 0.0226. The predicted octanol–water partition coefficient (Wildman–Crippen LogP) is 2.56. The molecule has 2 aromatic carbocycles. The van der Waals surface area contributed by atoms with Crippen LogP contribution in [0.5, 0.6) is 0 Å². The van der Waals surface area contributed by atoms with E-state index in [4.69, 9.17) is 0 Å². The molecule has 1 unspecified atom stereocenters. The van der Waals surface area contributed by atoms with Crippen molar-refractivity contribution in [1.29, 1.82) is 0 Å². The lowest BCUT2D eigenvalue weighted by atomic mass is 10.0. The maximum Gasteiger partial charge on any atom is 0.234 e. The van der Waals surface area contributed by atoms with E-state index < -0.39 is 10.0 Å². The molecule has 25 heavy (non-hydrogen) atoms. The normalized spacial score (nSPS) is 12.4. The number of para-hydroxylation sites is 1. The molecule has 0 aliphatic heterocycles. The van der Waals surface area contributed by atoms with Gasteiger partial charge in [0.05, 0.1) is 5.75 Å². The first-order valence-corrected chi connectivity index (χ1v) is 9.58. The lowest BCUT2D eigenvalue weighted by Crippen LogP contribution is -2.35. The molecule has 0 aliphatic carbocycles. The van der Waals surface area contributed by atoms with E-state index in [2.05, 4.69) is 10.0 Å². The molecule has 2 N–H and O–H groups in total. The van der Waals surface area contributed by atoms with E-state index in [-0.39, 0.29) is 29.9 Å². The maximum absolute atomic E-state index is 12.9. The van der Waals surface area contributed by atoms with Crippen molar-refractivity contribution in [3.05, 3.63) is 66.0 Å². The van der Waals surface area contributed by atoms with Crippen molar-refractivity contribution >= 4 is 21.6 Å². The Morgan fingerprint density at radius 3 is 2.36 bits per heavy atom. The van der Waals surface area contributed by atoms with Gasteiger partial charge in [-0.3, -0.25) is 9.52 Å². The number of carbonyl (C=O) groups excluding carboxylic acids is 1. The van der Waals surface area contributed by atoms with Crippen LogP contribution in [0.1, 0.15) is 12.5 Å². The van der Waals surface area contributed by atoms with Gasteiger partial charge >= 0.3 is 0 Å². The minimum atomic E-state index is -3.53. The van der Waals surface area contributed by atoms with Gasteiger partial charge in [-0.25, -0.2) is 12.8 Å². The molecule has 134 valence electrons. The number of hydrogen-bond acceptors (Lipinski definition) is 3. The fourth-order valence-corrected chi connectivity index (χ4v) is 3.25. The van der Waals surface area contributed by atoms with Gasteiger partial charge in [0.2, 0.25) is 15.9 Å². The Morgan fingerprint density at radius 2 is 1.72 bits per heavy atom. The van der Waals surface area contributed by atoms with Gasteiger partial charge in [0.15, 0.2) is 0 Å². The SMILES string of the molecule is CC(Cc1ccc(F)cc1)C(=O)NCCS(=O)(=O)Nc1ccccc1. The van der Waals surface area contributed by atoms with E-state index in [0.29, 0.717) is 12.1 Å². The highest BCUT2D eigenvalue weighted by atomic mass is 32.2. The van der Waals surface area contributed by atoms with Gasteiger partial charge in [0.1, 0.15) is 5.82 Å². The summed E-state index contributed by atoms with van der Waals surface area (Å²) < 4.78 is 39.3. The van der Waals surface area contributed by atoms with Crippen molar-refractivity contribution in [1.82, 2.24) is 5.32 Å². The largest absolute Gasteiger partial charge is 0.355 e. The molecule has 0 aliphatic rings. The second-order valence-corrected chi connectivity index (χ2v) is 7.65. The lowest BCUT2D eigenvalue weighted by Gasteiger charge is -2.13. The molecule has 0 saturated heterocycles. The summed E-state index contributed by atoms with van der Waals surface area (Å²) >= 11 is 0. The van der Waals surface area contributed by atoms with Crippen LogP contribution in [0.4, 0.5) is 10.1 Å². The summed E-state index contributed by atoms with van der Waals surface area (Å²) in [5.74, 6) is -1.11. The zero-order valence-electron chi connectivity index (χ0n) is 13.9. The zero-order valence-corrected chi connectivity index (χ0v) is 14.7. The smallest absolute Gasteiger partial charge is 0.234 e. The summed E-state index contributed by atoms with van der Waals surface area (Å²) in [6.07, 6.45) is 0.459. The van der Waals surface area contributed by atoms with Crippen LogP contribution >= 0.6 is 0 Å². The number of carbonyl (C=O) groups is 1. The highest BCUT2D eigenvalue weighted by molar-refractivity contribution is 7.92. The fraction of sp³-hybridized carbons (Fsp3) is 0.278. The summed E-state index contributed by atoms with van der Waals surface area (Å²) in [6.45, 7) is 1.77. The number of anilines is 1. The summed E-state index contributed by atoms with van der Waals surface area (Å²) in [5.41, 5.74) is 1.33. The Balaban J connectivity index is 1.78. The molecule has 2 rings (SSSR count). The van der Waals surface area contributed by atoms with Gasteiger partial charge in [-0.1, -0.05) is 37.3 Å². The molecule has 0 heterocycles. The molecule has 0 spiro atoms. The van der Waals surface area contributed by atoms with E-state index >= 15 is 0 Å². The number of benzene rings is 2. The van der Waals surface area contributed by atoms with Crippen LogP contribution < -0.4 is 10.0 Å². The number of nitrogens with one attached hydrogen (secondary N) is 2. The maximum atomic E-state index is 12.9. The quantitative estimate of drug-likeness (QED) is 0.756. The number of sulfonamides is 1. The van der Waals surface area contributed by atoms with Crippen molar-refractivity contribution in [2.75, 3.05) is 17.0 Å². The molecular weight excluding hydrogens is 343 g/mol. The second-order valence-electron chi connectivity index (χ2n) is 5.81. The van der Waals surface area contributed by atoms with E-state index in [1.54, 1.807) is 49.4 Å². The zero-order chi connectivity index (χ0) is 18.3. The lowest BCUT2D eigenvalue weighted by molar-refractivity contribution is -0.124. The first kappa shape index (κ1) is 18.9. The summed E-state index contributed by atoms with van der Waals surface area (Å²) in [6, 6.07) is 14.5. The second kappa shape index (κ2) is 8.62. The van der Waals surface area contributed by atoms with E-state index in [9.17, 15) is 17.6 Å². The first-order valence-electron chi connectivity index (χ1n) is 7.93. The van der Waals surface area contributed by atoms with Gasteiger partial charge in [-0.2, -0.15) is 0 Å². The Morgan fingerprint density at radius 1 is 1.08 bits per heavy atom. The van der Waals surface area contributed by atoms with Crippen molar-refractivity contribution in [2.45, 2.75) is 13.3 Å². The van der Waals surface area contributed by atoms with Crippen LogP contribution in [0.25, 0.3) is 0 Å². The number of amides is 1. The van der Waals surface area contributed by atoms with Crippen LogP contribution in [0.2, 0.25) is 0 Å². The molecular formula is C18H21FN2O3S. The van der Waals surface area contributed by atoms with E-state index in [1.807, 2.05) is 0 Å². The summed E-state index contributed by atoms with van der Waals surface area (Å²) in [7, 11) is -3.53. The van der Waals surface area contributed by atoms with Gasteiger partial charge in [-0.05, 0) is 36.2 Å². The molecule has 0 saturated carbocycles. The third kappa shape index (κ3) is 6.54. The van der Waals surface area contributed by atoms with E-state index in [1.165, 1.54) is 12.1 Å². The van der Waals surface area contributed by atoms with Crippen LogP contribution in [0, 0.1) is 11.7 Å². The van der Waals surface area contributed by atoms with Gasteiger partial charge in [0, 0.05) is 18.2 Å². The molecule has 5 nitrogen and oxygen atoms in total. The Kier molecular flexibility index (Phi) is 6.52. The molecule has 7 heteroatoms. The first-order chi connectivity index (χ1) is 11.9. The summed E-state index contributed by atoms with van der Waals surface area (Å²) in [4.78, 5) is 12.1. The molecule has 0 bridgehead atoms.